The minimum absolute atomic E-state index is 0.0182. The van der Waals surface area contributed by atoms with Crippen molar-refractivity contribution in [1.29, 1.82) is 0 Å². The number of nitrogens with zero attached hydrogens (tertiary/aromatic N) is 4. The van der Waals surface area contributed by atoms with Gasteiger partial charge in [0.25, 0.3) is 11.5 Å². The zero-order valence-corrected chi connectivity index (χ0v) is 19.4. The van der Waals surface area contributed by atoms with Gasteiger partial charge in [-0.3, -0.25) is 9.59 Å². The molecule has 0 bridgehead atoms. The summed E-state index contributed by atoms with van der Waals surface area (Å²) < 4.78 is 3.17. The number of nitrogens with one attached hydrogen (secondary N) is 3. The van der Waals surface area contributed by atoms with Crippen LogP contribution in [0.25, 0.3) is 5.65 Å². The number of fused-ring (bicyclic) bond motifs is 1. The second-order valence-electron chi connectivity index (χ2n) is 9.05. The molecule has 4 N–H and O–H groups in total. The Bertz CT molecular complexity index is 1230. The van der Waals surface area contributed by atoms with E-state index in [0.29, 0.717) is 35.0 Å². The monoisotopic (exact) mass is 453 g/mol. The Kier molecular flexibility index (Phi) is 6.11. The van der Waals surface area contributed by atoms with Crippen molar-refractivity contribution in [2.45, 2.75) is 64.1 Å². The fraction of sp³-hybridized carbons (Fsp3) is 0.478. The lowest BCUT2D eigenvalue weighted by Gasteiger charge is -2.37. The van der Waals surface area contributed by atoms with E-state index in [1.165, 1.54) is 10.7 Å². The van der Waals surface area contributed by atoms with Crippen molar-refractivity contribution >= 4 is 28.9 Å². The SMILES string of the molecule is CNc1cc(Nc2cccn(C(C)C)c2=O)nc2c(C(=O)N[C@@H]3CCCC[C@@]3(C)O)cnn12. The summed E-state index contributed by atoms with van der Waals surface area (Å²) in [6.07, 6.45) is 6.47. The summed E-state index contributed by atoms with van der Waals surface area (Å²) in [5.41, 5.74) is -0.0850. The number of aromatic nitrogens is 4. The number of anilines is 3. The summed E-state index contributed by atoms with van der Waals surface area (Å²) in [5.74, 6) is 0.668. The average molecular weight is 454 g/mol. The van der Waals surface area contributed by atoms with E-state index < -0.39 is 5.60 Å². The number of carbonyl (C=O) groups is 1. The zero-order valence-electron chi connectivity index (χ0n) is 19.4. The van der Waals surface area contributed by atoms with E-state index in [2.05, 4.69) is 26.0 Å². The first-order valence-electron chi connectivity index (χ1n) is 11.3. The summed E-state index contributed by atoms with van der Waals surface area (Å²) in [7, 11) is 1.74. The number of hydrogen-bond donors (Lipinski definition) is 4. The van der Waals surface area contributed by atoms with Crippen LogP contribution in [-0.4, -0.2) is 48.9 Å². The van der Waals surface area contributed by atoms with Gasteiger partial charge in [0.1, 0.15) is 22.9 Å². The van der Waals surface area contributed by atoms with E-state index in [9.17, 15) is 14.7 Å². The predicted molar refractivity (Wildman–Crippen MR) is 127 cm³/mol. The van der Waals surface area contributed by atoms with Gasteiger partial charge in [-0.2, -0.15) is 9.61 Å². The number of pyridine rings is 1. The second-order valence-corrected chi connectivity index (χ2v) is 9.05. The van der Waals surface area contributed by atoms with Crippen LogP contribution in [0.5, 0.6) is 0 Å². The molecule has 0 spiro atoms. The summed E-state index contributed by atoms with van der Waals surface area (Å²) in [5, 5.41) is 24.1. The van der Waals surface area contributed by atoms with Crippen LogP contribution in [-0.2, 0) is 0 Å². The van der Waals surface area contributed by atoms with Crippen molar-refractivity contribution in [1.82, 2.24) is 24.5 Å². The molecule has 0 saturated heterocycles. The van der Waals surface area contributed by atoms with E-state index in [-0.39, 0.29) is 23.6 Å². The van der Waals surface area contributed by atoms with Crippen molar-refractivity contribution in [3.05, 3.63) is 46.5 Å². The maximum Gasteiger partial charge on any atom is 0.274 e. The summed E-state index contributed by atoms with van der Waals surface area (Å²) in [4.78, 5) is 30.5. The Balaban J connectivity index is 1.68. The van der Waals surface area contributed by atoms with Crippen LogP contribution < -0.4 is 21.5 Å². The molecule has 1 amide bonds. The van der Waals surface area contributed by atoms with E-state index in [4.69, 9.17) is 0 Å². The highest BCUT2D eigenvalue weighted by Crippen LogP contribution is 2.28. The molecule has 3 aromatic rings. The first kappa shape index (κ1) is 22.8. The average Bonchev–Trinajstić information content (AvgIpc) is 3.20. The van der Waals surface area contributed by atoms with Crippen LogP contribution >= 0.6 is 0 Å². The Morgan fingerprint density at radius 2 is 2.12 bits per heavy atom. The topological polar surface area (TPSA) is 126 Å². The standard InChI is InChI=1S/C23H31N7O3/c1-14(2)29-11-7-8-16(22(29)32)26-18-12-19(24-4)30-20(28-18)15(13-25-30)21(31)27-17-9-5-6-10-23(17,3)33/h7-8,11-14,17,24,33H,5-6,9-10H2,1-4H3,(H,26,28)(H,27,31)/t17-,23-/m1/s1. The highest BCUT2D eigenvalue weighted by atomic mass is 16.3. The highest BCUT2D eigenvalue weighted by molar-refractivity contribution is 6.00. The van der Waals surface area contributed by atoms with E-state index >= 15 is 0 Å². The lowest BCUT2D eigenvalue weighted by Crippen LogP contribution is -2.52. The Morgan fingerprint density at radius 1 is 1.33 bits per heavy atom. The van der Waals surface area contributed by atoms with Gasteiger partial charge < -0.3 is 25.6 Å². The summed E-state index contributed by atoms with van der Waals surface area (Å²) in [6, 6.07) is 4.90. The molecule has 176 valence electrons. The molecule has 10 nitrogen and oxygen atoms in total. The highest BCUT2D eigenvalue weighted by Gasteiger charge is 2.36. The van der Waals surface area contributed by atoms with E-state index in [1.54, 1.807) is 42.9 Å². The van der Waals surface area contributed by atoms with Gasteiger partial charge in [-0.15, -0.1) is 0 Å². The van der Waals surface area contributed by atoms with Gasteiger partial charge >= 0.3 is 0 Å². The molecule has 1 aliphatic carbocycles. The first-order chi connectivity index (χ1) is 15.7. The number of rotatable bonds is 6. The third kappa shape index (κ3) is 4.43. The molecule has 0 unspecified atom stereocenters. The maximum atomic E-state index is 13.1. The van der Waals surface area contributed by atoms with Gasteiger partial charge in [-0.1, -0.05) is 12.8 Å². The fourth-order valence-electron chi connectivity index (χ4n) is 4.30. The van der Waals surface area contributed by atoms with Gasteiger partial charge in [0, 0.05) is 25.4 Å². The lowest BCUT2D eigenvalue weighted by atomic mass is 9.81. The molecule has 3 heterocycles. The van der Waals surface area contributed by atoms with E-state index in [0.717, 1.165) is 19.3 Å². The largest absolute Gasteiger partial charge is 0.388 e. The Morgan fingerprint density at radius 3 is 2.82 bits per heavy atom. The molecule has 1 saturated carbocycles. The van der Waals surface area contributed by atoms with Crippen molar-refractivity contribution in [2.24, 2.45) is 0 Å². The smallest absolute Gasteiger partial charge is 0.274 e. The van der Waals surface area contributed by atoms with Crippen LogP contribution in [0, 0.1) is 0 Å². The minimum Gasteiger partial charge on any atom is -0.388 e. The van der Waals surface area contributed by atoms with Gasteiger partial charge in [0.05, 0.1) is 17.8 Å². The van der Waals surface area contributed by atoms with Crippen LogP contribution in [0.15, 0.2) is 35.4 Å². The lowest BCUT2D eigenvalue weighted by molar-refractivity contribution is -0.00860. The number of aliphatic hydroxyl groups is 1. The third-order valence-electron chi connectivity index (χ3n) is 6.25. The Labute approximate surface area is 192 Å². The summed E-state index contributed by atoms with van der Waals surface area (Å²) in [6.45, 7) is 5.64. The van der Waals surface area contributed by atoms with E-state index in [1.807, 2.05) is 13.8 Å². The molecule has 3 aromatic heterocycles. The third-order valence-corrected chi connectivity index (χ3v) is 6.25. The molecule has 0 aromatic carbocycles. The van der Waals surface area contributed by atoms with Crippen LogP contribution in [0.1, 0.15) is 62.9 Å². The van der Waals surface area contributed by atoms with Crippen molar-refractivity contribution < 1.29 is 9.90 Å². The number of amides is 1. The molecular weight excluding hydrogens is 422 g/mol. The minimum atomic E-state index is -0.948. The molecule has 1 aliphatic rings. The number of hydrogen-bond acceptors (Lipinski definition) is 7. The second kappa shape index (κ2) is 8.86. The van der Waals surface area contributed by atoms with Crippen LogP contribution in [0.2, 0.25) is 0 Å². The molecule has 4 rings (SSSR count). The molecule has 10 heteroatoms. The quantitative estimate of drug-likeness (QED) is 0.452. The maximum absolute atomic E-state index is 13.1. The fourth-order valence-corrected chi connectivity index (χ4v) is 4.30. The molecule has 0 aliphatic heterocycles. The zero-order chi connectivity index (χ0) is 23.8. The van der Waals surface area contributed by atoms with Gasteiger partial charge in [-0.25, -0.2) is 4.98 Å². The van der Waals surface area contributed by atoms with Crippen LogP contribution in [0.3, 0.4) is 0 Å². The summed E-state index contributed by atoms with van der Waals surface area (Å²) >= 11 is 0. The Hall–Kier alpha value is -3.40. The molecule has 33 heavy (non-hydrogen) atoms. The first-order valence-corrected chi connectivity index (χ1v) is 11.3. The van der Waals surface area contributed by atoms with Crippen molar-refractivity contribution in [2.75, 3.05) is 17.7 Å². The number of carbonyl (C=O) groups excluding carboxylic acids is 1. The van der Waals surface area contributed by atoms with Crippen molar-refractivity contribution in [3.63, 3.8) is 0 Å². The molecule has 0 radical (unpaired) electrons. The predicted octanol–water partition coefficient (Wildman–Crippen LogP) is 2.68. The molecule has 2 atom stereocenters. The van der Waals surface area contributed by atoms with Crippen molar-refractivity contribution in [3.8, 4) is 0 Å². The normalized spacial score (nSPS) is 20.7. The van der Waals surface area contributed by atoms with Crippen LogP contribution in [0.4, 0.5) is 17.3 Å². The van der Waals surface area contributed by atoms with Gasteiger partial charge in [0.15, 0.2) is 5.65 Å². The molecule has 1 fully saturated rings. The van der Waals surface area contributed by atoms with Gasteiger partial charge in [-0.05, 0) is 45.7 Å². The van der Waals surface area contributed by atoms with Gasteiger partial charge in [0.2, 0.25) is 0 Å². The molecular formula is C23H31N7O3.